The van der Waals surface area contributed by atoms with Crippen molar-refractivity contribution in [3.05, 3.63) is 35.9 Å². The van der Waals surface area contributed by atoms with Crippen LogP contribution in [0.1, 0.15) is 38.3 Å². The Balaban J connectivity index is 2.12. The highest BCUT2D eigenvalue weighted by Crippen LogP contribution is 2.29. The van der Waals surface area contributed by atoms with Crippen LogP contribution >= 0.6 is 0 Å². The molecular weight excluding hydrogens is 240 g/mol. The van der Waals surface area contributed by atoms with Crippen molar-refractivity contribution >= 4 is 17.9 Å². The molecule has 0 aromatic heterocycles. The molecule has 0 aliphatic carbocycles. The molecule has 0 saturated carbocycles. The number of nitrogens with zero attached hydrogens (tertiary/aromatic N) is 2. The molecule has 0 saturated heterocycles. The molecule has 1 aliphatic heterocycles. The number of carbonyl (C=O) groups is 2. The fourth-order valence-corrected chi connectivity index (χ4v) is 2.32. The Morgan fingerprint density at radius 3 is 2.68 bits per heavy atom. The number of benzene rings is 1. The highest BCUT2D eigenvalue weighted by Gasteiger charge is 2.31. The van der Waals surface area contributed by atoms with Gasteiger partial charge in [-0.3, -0.25) is 4.79 Å². The third-order valence-corrected chi connectivity index (χ3v) is 3.26. The van der Waals surface area contributed by atoms with Gasteiger partial charge in [-0.15, -0.1) is 0 Å². The molecule has 4 heteroatoms. The van der Waals surface area contributed by atoms with Gasteiger partial charge in [0.2, 0.25) is 5.91 Å². The first-order valence-corrected chi connectivity index (χ1v) is 6.49. The number of hydrogen-bond acceptors (Lipinski definition) is 3. The topological polar surface area (TPSA) is 49.7 Å². The van der Waals surface area contributed by atoms with Gasteiger partial charge in [-0.2, -0.15) is 5.10 Å². The van der Waals surface area contributed by atoms with Crippen molar-refractivity contribution in [1.82, 2.24) is 5.01 Å². The predicted octanol–water partition coefficient (Wildman–Crippen LogP) is 2.56. The van der Waals surface area contributed by atoms with Gasteiger partial charge in [0.15, 0.2) is 0 Å². The standard InChI is InChI=1S/C15H18N2O2/c1-11(10-12(2)18)15(19)17-14(8-9-16-17)13-6-4-3-5-7-13/h3-7,9,11,14H,8,10H2,1-2H3/t11-,14?/m0/s1. The second kappa shape index (κ2) is 5.78. The van der Waals surface area contributed by atoms with Crippen LogP contribution in [0, 0.1) is 5.92 Å². The highest BCUT2D eigenvalue weighted by molar-refractivity contribution is 5.86. The van der Waals surface area contributed by atoms with Crippen LogP contribution in [0.25, 0.3) is 0 Å². The lowest BCUT2D eigenvalue weighted by Crippen LogP contribution is -2.32. The third kappa shape index (κ3) is 3.08. The molecule has 2 atom stereocenters. The zero-order chi connectivity index (χ0) is 13.8. The zero-order valence-corrected chi connectivity index (χ0v) is 11.2. The number of amides is 1. The monoisotopic (exact) mass is 258 g/mol. The van der Waals surface area contributed by atoms with Gasteiger partial charge in [0.05, 0.1) is 6.04 Å². The molecule has 1 aromatic rings. The van der Waals surface area contributed by atoms with Gasteiger partial charge >= 0.3 is 0 Å². The Morgan fingerprint density at radius 2 is 2.05 bits per heavy atom. The van der Waals surface area contributed by atoms with E-state index in [0.29, 0.717) is 0 Å². The minimum absolute atomic E-state index is 0.0280. The van der Waals surface area contributed by atoms with E-state index in [4.69, 9.17) is 0 Å². The molecule has 0 fully saturated rings. The van der Waals surface area contributed by atoms with E-state index in [9.17, 15) is 9.59 Å². The fraction of sp³-hybridized carbons (Fsp3) is 0.400. The maximum Gasteiger partial charge on any atom is 0.246 e. The average molecular weight is 258 g/mol. The summed E-state index contributed by atoms with van der Waals surface area (Å²) in [5, 5.41) is 5.69. The van der Waals surface area contributed by atoms with Gasteiger partial charge in [-0.1, -0.05) is 37.3 Å². The minimum Gasteiger partial charge on any atom is -0.300 e. The van der Waals surface area contributed by atoms with Crippen LogP contribution in [0.2, 0.25) is 0 Å². The normalized spacial score (nSPS) is 19.5. The first kappa shape index (κ1) is 13.5. The van der Waals surface area contributed by atoms with Gasteiger partial charge in [0.1, 0.15) is 5.78 Å². The average Bonchev–Trinajstić information content (AvgIpc) is 2.87. The summed E-state index contributed by atoms with van der Waals surface area (Å²) in [6.07, 6.45) is 2.75. The number of carbonyl (C=O) groups excluding carboxylic acids is 2. The number of hydrazone groups is 1. The molecule has 0 N–H and O–H groups in total. The smallest absolute Gasteiger partial charge is 0.246 e. The summed E-state index contributed by atoms with van der Waals surface area (Å²) in [5.74, 6) is -0.378. The summed E-state index contributed by atoms with van der Waals surface area (Å²) < 4.78 is 0. The van der Waals surface area contributed by atoms with Gasteiger partial charge < -0.3 is 4.79 Å². The van der Waals surface area contributed by atoms with Crippen LogP contribution < -0.4 is 0 Å². The Bertz CT molecular complexity index is 496. The lowest BCUT2D eigenvalue weighted by atomic mass is 10.0. The molecule has 19 heavy (non-hydrogen) atoms. The second-order valence-corrected chi connectivity index (χ2v) is 4.95. The summed E-state index contributed by atoms with van der Waals surface area (Å²) in [6, 6.07) is 9.81. The molecule has 100 valence electrons. The molecule has 1 aromatic carbocycles. The molecular formula is C15H18N2O2. The minimum atomic E-state index is -0.320. The number of rotatable bonds is 4. The zero-order valence-electron chi connectivity index (χ0n) is 11.2. The van der Waals surface area contributed by atoms with E-state index >= 15 is 0 Å². The number of Topliss-reactive ketones (excluding diaryl/α,β-unsaturated/α-hetero) is 1. The van der Waals surface area contributed by atoms with E-state index in [1.54, 1.807) is 13.1 Å². The maximum absolute atomic E-state index is 12.3. The van der Waals surface area contributed by atoms with E-state index in [-0.39, 0.29) is 30.1 Å². The van der Waals surface area contributed by atoms with Crippen LogP contribution in [0.5, 0.6) is 0 Å². The van der Waals surface area contributed by atoms with E-state index in [1.165, 1.54) is 11.9 Å². The fourth-order valence-electron chi connectivity index (χ4n) is 2.32. The summed E-state index contributed by atoms with van der Waals surface area (Å²) >= 11 is 0. The molecule has 0 spiro atoms. The van der Waals surface area contributed by atoms with Crippen molar-refractivity contribution in [3.8, 4) is 0 Å². The molecule has 1 amide bonds. The van der Waals surface area contributed by atoms with Gasteiger partial charge in [0, 0.05) is 25.0 Å². The molecule has 0 radical (unpaired) electrons. The summed E-state index contributed by atoms with van der Waals surface area (Å²) in [6.45, 7) is 3.28. The SMILES string of the molecule is CC(=O)C[C@H](C)C(=O)N1N=CCC1c1ccccc1. The van der Waals surface area contributed by atoms with E-state index in [2.05, 4.69) is 5.10 Å². The van der Waals surface area contributed by atoms with Crippen LogP contribution in [-0.2, 0) is 9.59 Å². The Hall–Kier alpha value is -1.97. The van der Waals surface area contributed by atoms with Crippen molar-refractivity contribution in [2.45, 2.75) is 32.7 Å². The molecule has 0 bridgehead atoms. The summed E-state index contributed by atoms with van der Waals surface area (Å²) in [7, 11) is 0. The number of hydrogen-bond donors (Lipinski definition) is 0. The number of ketones is 1. The van der Waals surface area contributed by atoms with Crippen molar-refractivity contribution in [2.24, 2.45) is 11.0 Å². The van der Waals surface area contributed by atoms with E-state index < -0.39 is 0 Å². The molecule has 2 rings (SSSR count). The predicted molar refractivity (Wildman–Crippen MR) is 73.6 cm³/mol. The molecule has 1 unspecified atom stereocenters. The Morgan fingerprint density at radius 1 is 1.37 bits per heavy atom. The first-order chi connectivity index (χ1) is 9.09. The first-order valence-electron chi connectivity index (χ1n) is 6.49. The van der Waals surface area contributed by atoms with Crippen LogP contribution in [0.4, 0.5) is 0 Å². The Kier molecular flexibility index (Phi) is 4.10. The quantitative estimate of drug-likeness (QED) is 0.833. The lowest BCUT2D eigenvalue weighted by molar-refractivity contribution is -0.138. The molecule has 1 heterocycles. The summed E-state index contributed by atoms with van der Waals surface area (Å²) in [5.41, 5.74) is 1.07. The van der Waals surface area contributed by atoms with E-state index in [1.807, 2.05) is 30.3 Å². The van der Waals surface area contributed by atoms with Gasteiger partial charge in [-0.05, 0) is 12.5 Å². The van der Waals surface area contributed by atoms with Gasteiger partial charge in [-0.25, -0.2) is 5.01 Å². The third-order valence-electron chi connectivity index (χ3n) is 3.26. The molecule has 1 aliphatic rings. The Labute approximate surface area is 113 Å². The lowest BCUT2D eigenvalue weighted by Gasteiger charge is -2.24. The molecule has 4 nitrogen and oxygen atoms in total. The highest BCUT2D eigenvalue weighted by atomic mass is 16.2. The van der Waals surface area contributed by atoms with Crippen molar-refractivity contribution in [2.75, 3.05) is 0 Å². The second-order valence-electron chi connectivity index (χ2n) is 4.95. The van der Waals surface area contributed by atoms with Crippen molar-refractivity contribution < 1.29 is 9.59 Å². The van der Waals surface area contributed by atoms with Gasteiger partial charge in [0.25, 0.3) is 0 Å². The van der Waals surface area contributed by atoms with Crippen LogP contribution in [0.15, 0.2) is 35.4 Å². The van der Waals surface area contributed by atoms with Crippen LogP contribution in [0.3, 0.4) is 0 Å². The summed E-state index contributed by atoms with van der Waals surface area (Å²) in [4.78, 5) is 23.4. The maximum atomic E-state index is 12.3. The van der Waals surface area contributed by atoms with Crippen LogP contribution in [-0.4, -0.2) is 22.9 Å². The van der Waals surface area contributed by atoms with Crippen molar-refractivity contribution in [3.63, 3.8) is 0 Å². The van der Waals surface area contributed by atoms with E-state index in [0.717, 1.165) is 12.0 Å². The largest absolute Gasteiger partial charge is 0.300 e. The van der Waals surface area contributed by atoms with Crippen molar-refractivity contribution in [1.29, 1.82) is 0 Å².